The highest BCUT2D eigenvalue weighted by Gasteiger charge is 2.14. The van der Waals surface area contributed by atoms with Gasteiger partial charge in [0, 0.05) is 25.4 Å². The molecule has 0 saturated carbocycles. The first-order valence-electron chi connectivity index (χ1n) is 7.24. The van der Waals surface area contributed by atoms with Crippen LogP contribution in [-0.4, -0.2) is 29.0 Å². The molecule has 0 fully saturated rings. The largest absolute Gasteiger partial charge is 0.326 e. The Morgan fingerprint density at radius 1 is 0.880 bits per heavy atom. The summed E-state index contributed by atoms with van der Waals surface area (Å²) in [4.78, 5) is 11.2. The van der Waals surface area contributed by atoms with Gasteiger partial charge in [-0.05, 0) is 42.0 Å². The highest BCUT2D eigenvalue weighted by atomic mass is 32.2. The van der Waals surface area contributed by atoms with Crippen LogP contribution in [0, 0.1) is 0 Å². The Balaban J connectivity index is 2.07. The lowest BCUT2D eigenvalue weighted by molar-refractivity contribution is -0.114. The van der Waals surface area contributed by atoms with Crippen molar-refractivity contribution < 1.29 is 21.6 Å². The lowest BCUT2D eigenvalue weighted by Gasteiger charge is -2.08. The van der Waals surface area contributed by atoms with Gasteiger partial charge in [-0.1, -0.05) is 12.1 Å². The van der Waals surface area contributed by atoms with Crippen LogP contribution >= 0.6 is 0 Å². The summed E-state index contributed by atoms with van der Waals surface area (Å²) in [5.74, 6) is -0.244. The van der Waals surface area contributed by atoms with E-state index in [-0.39, 0.29) is 22.2 Å². The molecule has 0 aliphatic carbocycles. The number of anilines is 1. The molecule has 0 aliphatic heterocycles. The fourth-order valence-corrected chi connectivity index (χ4v) is 3.69. The fourth-order valence-electron chi connectivity index (χ4n) is 2.04. The maximum absolute atomic E-state index is 12.3. The summed E-state index contributed by atoms with van der Waals surface area (Å²) in [5, 5.41) is 2.56. The van der Waals surface area contributed by atoms with Crippen LogP contribution in [0.5, 0.6) is 0 Å². The van der Waals surface area contributed by atoms with E-state index in [2.05, 4.69) is 10.0 Å². The number of sulfonamides is 1. The molecule has 25 heavy (non-hydrogen) atoms. The molecule has 2 aromatic carbocycles. The second-order valence-corrected chi connectivity index (χ2v) is 9.23. The van der Waals surface area contributed by atoms with E-state index in [0.29, 0.717) is 11.3 Å². The third-order valence-corrected chi connectivity index (χ3v) is 5.85. The maximum Gasteiger partial charge on any atom is 0.240 e. The SMILES string of the molecule is CC(=O)Nc1ccc(S(=O)(=O)NCc2ccc(S(C)(=O)=O)cc2)cc1. The molecule has 134 valence electrons. The highest BCUT2D eigenvalue weighted by molar-refractivity contribution is 7.90. The molecule has 1 amide bonds. The zero-order valence-corrected chi connectivity index (χ0v) is 15.3. The van der Waals surface area contributed by atoms with E-state index in [0.717, 1.165) is 6.26 Å². The second kappa shape index (κ2) is 7.34. The first kappa shape index (κ1) is 19.1. The number of amides is 1. The van der Waals surface area contributed by atoms with Crippen molar-refractivity contribution in [1.82, 2.24) is 4.72 Å². The Morgan fingerprint density at radius 3 is 1.88 bits per heavy atom. The molecular formula is C16H18N2O5S2. The lowest BCUT2D eigenvalue weighted by Crippen LogP contribution is -2.23. The van der Waals surface area contributed by atoms with Gasteiger partial charge in [0.1, 0.15) is 0 Å². The van der Waals surface area contributed by atoms with E-state index < -0.39 is 19.9 Å². The van der Waals surface area contributed by atoms with Gasteiger partial charge in [0.25, 0.3) is 0 Å². The average Bonchev–Trinajstić information content (AvgIpc) is 2.52. The van der Waals surface area contributed by atoms with Gasteiger partial charge < -0.3 is 5.32 Å². The van der Waals surface area contributed by atoms with Crippen molar-refractivity contribution in [3.63, 3.8) is 0 Å². The van der Waals surface area contributed by atoms with Crippen molar-refractivity contribution in [1.29, 1.82) is 0 Å². The number of rotatable bonds is 6. The van der Waals surface area contributed by atoms with E-state index in [1.54, 1.807) is 12.1 Å². The normalized spacial score (nSPS) is 11.9. The zero-order valence-electron chi connectivity index (χ0n) is 13.7. The molecule has 0 aliphatic rings. The molecule has 0 saturated heterocycles. The van der Waals surface area contributed by atoms with Crippen LogP contribution < -0.4 is 10.0 Å². The van der Waals surface area contributed by atoms with Crippen molar-refractivity contribution in [3.05, 3.63) is 54.1 Å². The molecule has 0 unspecified atom stereocenters. The molecule has 0 bridgehead atoms. The lowest BCUT2D eigenvalue weighted by atomic mass is 10.2. The molecule has 0 heterocycles. The predicted octanol–water partition coefficient (Wildman–Crippen LogP) is 1.53. The predicted molar refractivity (Wildman–Crippen MR) is 94.3 cm³/mol. The Hall–Kier alpha value is -2.23. The molecule has 7 nitrogen and oxygen atoms in total. The Morgan fingerprint density at radius 2 is 1.40 bits per heavy atom. The van der Waals surface area contributed by atoms with Crippen molar-refractivity contribution in [2.24, 2.45) is 0 Å². The second-order valence-electron chi connectivity index (χ2n) is 5.45. The van der Waals surface area contributed by atoms with E-state index in [1.165, 1.54) is 43.3 Å². The molecule has 0 aromatic heterocycles. The number of carbonyl (C=O) groups is 1. The maximum atomic E-state index is 12.3. The highest BCUT2D eigenvalue weighted by Crippen LogP contribution is 2.15. The summed E-state index contributed by atoms with van der Waals surface area (Å²) in [6.45, 7) is 1.39. The number of benzene rings is 2. The molecule has 0 atom stereocenters. The Bertz CT molecular complexity index is 964. The van der Waals surface area contributed by atoms with Gasteiger partial charge in [-0.15, -0.1) is 0 Å². The molecule has 2 N–H and O–H groups in total. The minimum Gasteiger partial charge on any atom is -0.326 e. The van der Waals surface area contributed by atoms with Gasteiger partial charge in [-0.3, -0.25) is 4.79 Å². The third kappa shape index (κ3) is 5.38. The summed E-state index contributed by atoms with van der Waals surface area (Å²) in [5.41, 5.74) is 1.13. The monoisotopic (exact) mass is 382 g/mol. The van der Waals surface area contributed by atoms with Crippen LogP contribution in [0.1, 0.15) is 12.5 Å². The van der Waals surface area contributed by atoms with Crippen LogP contribution in [0.2, 0.25) is 0 Å². The van der Waals surface area contributed by atoms with Gasteiger partial charge in [0.2, 0.25) is 15.9 Å². The standard InChI is InChI=1S/C16H18N2O5S2/c1-12(19)18-14-5-9-16(10-6-14)25(22,23)17-11-13-3-7-15(8-4-13)24(2,20)21/h3-10,17H,11H2,1-2H3,(H,18,19). The molecule has 2 rings (SSSR count). The van der Waals surface area contributed by atoms with Gasteiger partial charge in [0.15, 0.2) is 9.84 Å². The van der Waals surface area contributed by atoms with Crippen molar-refractivity contribution in [3.8, 4) is 0 Å². The third-order valence-electron chi connectivity index (χ3n) is 3.30. The summed E-state index contributed by atoms with van der Waals surface area (Å²) >= 11 is 0. The quantitative estimate of drug-likeness (QED) is 0.787. The number of sulfone groups is 1. The van der Waals surface area contributed by atoms with E-state index >= 15 is 0 Å². The number of nitrogens with one attached hydrogen (secondary N) is 2. The molecular weight excluding hydrogens is 364 g/mol. The van der Waals surface area contributed by atoms with Crippen molar-refractivity contribution in [2.45, 2.75) is 23.3 Å². The smallest absolute Gasteiger partial charge is 0.240 e. The zero-order chi connectivity index (χ0) is 18.7. The molecule has 0 radical (unpaired) electrons. The Kier molecular flexibility index (Phi) is 5.61. The fraction of sp³-hybridized carbons (Fsp3) is 0.188. The van der Waals surface area contributed by atoms with Gasteiger partial charge >= 0.3 is 0 Å². The number of hydrogen-bond acceptors (Lipinski definition) is 5. The van der Waals surface area contributed by atoms with Gasteiger partial charge in [0.05, 0.1) is 9.79 Å². The van der Waals surface area contributed by atoms with Crippen LogP contribution in [0.4, 0.5) is 5.69 Å². The average molecular weight is 382 g/mol. The minimum absolute atomic E-state index is 0.0276. The van der Waals surface area contributed by atoms with E-state index in [4.69, 9.17) is 0 Å². The van der Waals surface area contributed by atoms with Crippen LogP contribution in [0.25, 0.3) is 0 Å². The first-order valence-corrected chi connectivity index (χ1v) is 10.6. The molecule has 2 aromatic rings. The van der Waals surface area contributed by atoms with Crippen LogP contribution in [0.3, 0.4) is 0 Å². The summed E-state index contributed by atoms with van der Waals surface area (Å²) in [6.07, 6.45) is 1.11. The minimum atomic E-state index is -3.72. The van der Waals surface area contributed by atoms with E-state index in [1.807, 2.05) is 0 Å². The summed E-state index contributed by atoms with van der Waals surface area (Å²) in [7, 11) is -7.01. The topological polar surface area (TPSA) is 109 Å². The Labute approximate surface area is 147 Å². The first-order chi connectivity index (χ1) is 11.6. The van der Waals surface area contributed by atoms with E-state index in [9.17, 15) is 21.6 Å². The van der Waals surface area contributed by atoms with Crippen molar-refractivity contribution >= 4 is 31.5 Å². The summed E-state index contributed by atoms with van der Waals surface area (Å²) in [6, 6.07) is 11.7. The van der Waals surface area contributed by atoms with Gasteiger partial charge in [-0.25, -0.2) is 21.6 Å². The number of hydrogen-bond donors (Lipinski definition) is 2. The summed E-state index contributed by atoms with van der Waals surface area (Å²) < 4.78 is 49.8. The van der Waals surface area contributed by atoms with Crippen molar-refractivity contribution in [2.75, 3.05) is 11.6 Å². The molecule has 9 heteroatoms. The number of carbonyl (C=O) groups excluding carboxylic acids is 1. The molecule has 0 spiro atoms. The van der Waals surface area contributed by atoms with Crippen LogP contribution in [-0.2, 0) is 31.2 Å². The van der Waals surface area contributed by atoms with Gasteiger partial charge in [-0.2, -0.15) is 0 Å². The van der Waals surface area contributed by atoms with Crippen LogP contribution in [0.15, 0.2) is 58.3 Å².